The van der Waals surface area contributed by atoms with Gasteiger partial charge in [-0.25, -0.2) is 9.97 Å². The monoisotopic (exact) mass is 448 g/mol. The molecular formula is C13H14Br2N4S2. The Kier molecular flexibility index (Phi) is 7.70. The molecule has 0 radical (unpaired) electrons. The van der Waals surface area contributed by atoms with Gasteiger partial charge in [0.15, 0.2) is 0 Å². The lowest BCUT2D eigenvalue weighted by atomic mass is 10.5. The van der Waals surface area contributed by atoms with E-state index in [0.29, 0.717) is 0 Å². The van der Waals surface area contributed by atoms with E-state index in [1.807, 2.05) is 47.8 Å². The third kappa shape index (κ3) is 6.90. The van der Waals surface area contributed by atoms with Crippen LogP contribution in [-0.2, 0) is 0 Å². The molecule has 2 aromatic rings. The molecule has 0 aliphatic rings. The molecule has 2 N–H and O–H groups in total. The van der Waals surface area contributed by atoms with Crippen LogP contribution >= 0.6 is 55.4 Å². The van der Waals surface area contributed by atoms with Gasteiger partial charge in [0.25, 0.3) is 0 Å². The lowest BCUT2D eigenvalue weighted by Gasteiger charge is -2.07. The van der Waals surface area contributed by atoms with Crippen molar-refractivity contribution in [3.8, 4) is 0 Å². The smallest absolute Gasteiger partial charge is 0.126 e. The molecule has 4 nitrogen and oxygen atoms in total. The molecule has 112 valence electrons. The molecule has 21 heavy (non-hydrogen) atoms. The van der Waals surface area contributed by atoms with Gasteiger partial charge >= 0.3 is 0 Å². The summed E-state index contributed by atoms with van der Waals surface area (Å²) in [5, 5.41) is 7.54. The SMILES string of the molecule is Brc1ccc(NCSCSCNc2ccc(Br)cn2)nc1. The van der Waals surface area contributed by atoms with Crippen LogP contribution in [0.4, 0.5) is 11.6 Å². The number of hydrogen-bond donors (Lipinski definition) is 2. The maximum Gasteiger partial charge on any atom is 0.126 e. The molecule has 0 aromatic carbocycles. The molecule has 0 spiro atoms. The second kappa shape index (κ2) is 9.55. The number of nitrogens with one attached hydrogen (secondary N) is 2. The predicted octanol–water partition coefficient (Wildman–Crippen LogP) is 4.86. The first kappa shape index (κ1) is 16.9. The molecule has 0 saturated carbocycles. The van der Waals surface area contributed by atoms with Crippen molar-refractivity contribution in [3.05, 3.63) is 45.6 Å². The normalized spacial score (nSPS) is 10.4. The average molecular weight is 450 g/mol. The highest BCUT2D eigenvalue weighted by atomic mass is 79.9. The minimum Gasteiger partial charge on any atom is -0.361 e. The Morgan fingerprint density at radius 2 is 1.29 bits per heavy atom. The molecule has 0 atom stereocenters. The Hall–Kier alpha value is -0.440. The van der Waals surface area contributed by atoms with Gasteiger partial charge in [-0.15, -0.1) is 23.5 Å². The summed E-state index contributed by atoms with van der Waals surface area (Å²) in [4.78, 5) is 8.51. The van der Waals surface area contributed by atoms with E-state index in [1.54, 1.807) is 12.4 Å². The number of pyridine rings is 2. The molecule has 2 rings (SSSR count). The first-order valence-electron chi connectivity index (χ1n) is 6.10. The standard InChI is InChI=1S/C13H14Br2N4S2/c14-10-1-3-12(16-5-10)18-7-20-9-21-8-19-13-4-2-11(15)6-17-13/h1-6H,7-9H2,(H,16,18)(H,17,19). The lowest BCUT2D eigenvalue weighted by Crippen LogP contribution is -2.02. The highest BCUT2D eigenvalue weighted by molar-refractivity contribution is 9.10. The van der Waals surface area contributed by atoms with Gasteiger partial charge in [-0.1, -0.05) is 0 Å². The van der Waals surface area contributed by atoms with Crippen LogP contribution in [0, 0.1) is 0 Å². The van der Waals surface area contributed by atoms with Gasteiger partial charge in [-0.2, -0.15) is 0 Å². The topological polar surface area (TPSA) is 49.8 Å². The number of thioether (sulfide) groups is 2. The Balaban J connectivity index is 1.52. The van der Waals surface area contributed by atoms with Crippen LogP contribution in [0.2, 0.25) is 0 Å². The largest absolute Gasteiger partial charge is 0.361 e. The van der Waals surface area contributed by atoms with Crippen molar-refractivity contribution in [2.45, 2.75) is 0 Å². The summed E-state index contributed by atoms with van der Waals surface area (Å²) in [5.41, 5.74) is 0. The summed E-state index contributed by atoms with van der Waals surface area (Å²) in [5.74, 6) is 3.48. The average Bonchev–Trinajstić information content (AvgIpc) is 2.50. The Morgan fingerprint density at radius 3 is 1.67 bits per heavy atom. The van der Waals surface area contributed by atoms with Crippen LogP contribution in [0.3, 0.4) is 0 Å². The Morgan fingerprint density at radius 1 is 0.810 bits per heavy atom. The highest BCUT2D eigenvalue weighted by Crippen LogP contribution is 2.16. The zero-order valence-electron chi connectivity index (χ0n) is 11.1. The van der Waals surface area contributed by atoms with E-state index in [9.17, 15) is 0 Å². The molecule has 0 amide bonds. The van der Waals surface area contributed by atoms with Crippen LogP contribution in [-0.4, -0.2) is 26.8 Å². The predicted molar refractivity (Wildman–Crippen MR) is 101 cm³/mol. The van der Waals surface area contributed by atoms with E-state index < -0.39 is 0 Å². The number of rotatable bonds is 8. The molecule has 0 bridgehead atoms. The second-order valence-electron chi connectivity index (χ2n) is 3.89. The van der Waals surface area contributed by atoms with Crippen molar-refractivity contribution < 1.29 is 0 Å². The third-order valence-electron chi connectivity index (χ3n) is 2.33. The van der Waals surface area contributed by atoms with Crippen molar-refractivity contribution in [2.24, 2.45) is 0 Å². The summed E-state index contributed by atoms with van der Waals surface area (Å²) in [6.07, 6.45) is 3.58. The zero-order valence-corrected chi connectivity index (χ0v) is 15.9. The Labute approximate surface area is 149 Å². The van der Waals surface area contributed by atoms with Crippen molar-refractivity contribution in [2.75, 3.05) is 27.5 Å². The number of halogens is 2. The summed E-state index contributed by atoms with van der Waals surface area (Å²) < 4.78 is 1.98. The molecular weight excluding hydrogens is 436 g/mol. The second-order valence-corrected chi connectivity index (χ2v) is 8.06. The van der Waals surface area contributed by atoms with Gasteiger partial charge in [0, 0.05) is 26.4 Å². The van der Waals surface area contributed by atoms with Crippen molar-refractivity contribution in [1.82, 2.24) is 9.97 Å². The summed E-state index contributed by atoms with van der Waals surface area (Å²) >= 11 is 10.4. The van der Waals surface area contributed by atoms with Crippen molar-refractivity contribution in [3.63, 3.8) is 0 Å². The van der Waals surface area contributed by atoms with Gasteiger partial charge in [0.1, 0.15) is 11.6 Å². The first-order valence-corrected chi connectivity index (χ1v) is 10.00. The fourth-order valence-electron chi connectivity index (χ4n) is 1.35. The molecule has 8 heteroatoms. The molecule has 0 aliphatic heterocycles. The summed E-state index contributed by atoms with van der Waals surface area (Å²) in [7, 11) is 0. The lowest BCUT2D eigenvalue weighted by molar-refractivity contribution is 1.26. The van der Waals surface area contributed by atoms with Gasteiger partial charge in [-0.05, 0) is 56.1 Å². The number of anilines is 2. The fourth-order valence-corrected chi connectivity index (χ4v) is 3.46. The fraction of sp³-hybridized carbons (Fsp3) is 0.231. The van der Waals surface area contributed by atoms with Gasteiger partial charge in [0.05, 0.1) is 11.8 Å². The maximum atomic E-state index is 4.26. The number of hydrogen-bond acceptors (Lipinski definition) is 6. The van der Waals surface area contributed by atoms with Crippen molar-refractivity contribution >= 4 is 67.0 Å². The van der Waals surface area contributed by atoms with Crippen LogP contribution in [0.5, 0.6) is 0 Å². The van der Waals surface area contributed by atoms with E-state index in [0.717, 1.165) is 37.4 Å². The van der Waals surface area contributed by atoms with Crippen LogP contribution in [0.15, 0.2) is 45.6 Å². The van der Waals surface area contributed by atoms with Gasteiger partial charge in [0.2, 0.25) is 0 Å². The molecule has 0 saturated heterocycles. The minimum atomic E-state index is 0.845. The third-order valence-corrected chi connectivity index (χ3v) is 5.30. The van der Waals surface area contributed by atoms with Gasteiger partial charge < -0.3 is 10.6 Å². The van der Waals surface area contributed by atoms with E-state index >= 15 is 0 Å². The molecule has 0 aliphatic carbocycles. The van der Waals surface area contributed by atoms with Gasteiger partial charge in [-0.3, -0.25) is 0 Å². The molecule has 2 aromatic heterocycles. The molecule has 2 heterocycles. The number of aromatic nitrogens is 2. The van der Waals surface area contributed by atoms with E-state index in [4.69, 9.17) is 0 Å². The maximum absolute atomic E-state index is 4.26. The van der Waals surface area contributed by atoms with Crippen LogP contribution < -0.4 is 10.6 Å². The van der Waals surface area contributed by atoms with Crippen molar-refractivity contribution in [1.29, 1.82) is 0 Å². The van der Waals surface area contributed by atoms with Crippen LogP contribution in [0.25, 0.3) is 0 Å². The molecule has 0 fully saturated rings. The Bertz CT molecular complexity index is 487. The minimum absolute atomic E-state index is 0.845. The summed E-state index contributed by atoms with van der Waals surface area (Å²) in [6.45, 7) is 0. The van der Waals surface area contributed by atoms with E-state index in [-0.39, 0.29) is 0 Å². The van der Waals surface area contributed by atoms with E-state index in [2.05, 4.69) is 52.5 Å². The highest BCUT2D eigenvalue weighted by Gasteiger charge is 1.95. The summed E-state index contributed by atoms with van der Waals surface area (Å²) in [6, 6.07) is 7.87. The quantitative estimate of drug-likeness (QED) is 0.443. The van der Waals surface area contributed by atoms with E-state index in [1.165, 1.54) is 0 Å². The number of nitrogens with zero attached hydrogens (tertiary/aromatic N) is 2. The zero-order chi connectivity index (χ0) is 14.9. The first-order chi connectivity index (χ1) is 10.2. The molecule has 0 unspecified atom stereocenters. The van der Waals surface area contributed by atoms with Crippen LogP contribution in [0.1, 0.15) is 0 Å².